The molecule has 2 heterocycles. The van der Waals surface area contributed by atoms with Crippen molar-refractivity contribution >= 4 is 11.6 Å². The number of ether oxygens (including phenoxy) is 2. The van der Waals surface area contributed by atoms with Gasteiger partial charge in [0.25, 0.3) is 5.91 Å². The van der Waals surface area contributed by atoms with Gasteiger partial charge in [-0.1, -0.05) is 12.1 Å². The lowest BCUT2D eigenvalue weighted by Crippen LogP contribution is -2.50. The molecule has 2 aliphatic rings. The van der Waals surface area contributed by atoms with Crippen LogP contribution in [0, 0.1) is 6.92 Å². The Morgan fingerprint density at radius 3 is 2.79 bits per heavy atom. The predicted octanol–water partition coefficient (Wildman–Crippen LogP) is 0.649. The minimum Gasteiger partial charge on any atom is -0.376 e. The average molecular weight is 333 g/mol. The molecule has 132 valence electrons. The summed E-state index contributed by atoms with van der Waals surface area (Å²) in [6.07, 6.45) is -0.447. The van der Waals surface area contributed by atoms with Gasteiger partial charge in [0.1, 0.15) is 0 Å². The summed E-state index contributed by atoms with van der Waals surface area (Å²) in [6.45, 7) is 9.19. The van der Waals surface area contributed by atoms with Crippen LogP contribution in [0.5, 0.6) is 0 Å². The Kier molecular flexibility index (Phi) is 6.07. The molecule has 2 aliphatic heterocycles. The molecule has 2 saturated heterocycles. The van der Waals surface area contributed by atoms with Gasteiger partial charge in [0.15, 0.2) is 6.10 Å². The molecule has 1 amide bonds. The lowest BCUT2D eigenvalue weighted by atomic mass is 10.2. The van der Waals surface area contributed by atoms with Crippen LogP contribution in [-0.2, 0) is 14.3 Å². The molecule has 0 radical (unpaired) electrons. The van der Waals surface area contributed by atoms with Crippen LogP contribution in [0.4, 0.5) is 5.69 Å². The minimum atomic E-state index is -0.447. The summed E-state index contributed by atoms with van der Waals surface area (Å²) in [5, 5.41) is 2.95. The Morgan fingerprint density at radius 1 is 1.25 bits per heavy atom. The van der Waals surface area contributed by atoms with E-state index in [2.05, 4.69) is 46.3 Å². The van der Waals surface area contributed by atoms with Crippen molar-refractivity contribution in [3.05, 3.63) is 29.8 Å². The zero-order valence-corrected chi connectivity index (χ0v) is 14.4. The summed E-state index contributed by atoms with van der Waals surface area (Å²) >= 11 is 0. The molecule has 0 spiro atoms. The van der Waals surface area contributed by atoms with E-state index >= 15 is 0 Å². The zero-order valence-electron chi connectivity index (χ0n) is 14.4. The van der Waals surface area contributed by atoms with Crippen molar-refractivity contribution in [2.24, 2.45) is 0 Å². The van der Waals surface area contributed by atoms with Crippen molar-refractivity contribution in [1.29, 1.82) is 0 Å². The molecule has 2 fully saturated rings. The molecule has 0 aromatic heterocycles. The number of hydrogen-bond donors (Lipinski definition) is 1. The normalized spacial score (nSPS) is 22.4. The van der Waals surface area contributed by atoms with E-state index in [-0.39, 0.29) is 5.91 Å². The van der Waals surface area contributed by atoms with E-state index in [1.54, 1.807) is 0 Å². The fourth-order valence-corrected chi connectivity index (χ4v) is 3.14. The standard InChI is InChI=1S/C18H27N3O3/c1-15-3-2-4-16(13-15)21-9-7-20(8-10-21)6-5-19-18(22)17-14-23-11-12-24-17/h2-4,13,17H,5-12,14H2,1H3,(H,19,22)/t17-/m0/s1. The Bertz CT molecular complexity index is 538. The van der Waals surface area contributed by atoms with Gasteiger partial charge >= 0.3 is 0 Å². The van der Waals surface area contributed by atoms with Crippen LogP contribution in [0.1, 0.15) is 5.56 Å². The van der Waals surface area contributed by atoms with E-state index in [9.17, 15) is 4.79 Å². The van der Waals surface area contributed by atoms with Crippen LogP contribution in [0.2, 0.25) is 0 Å². The van der Waals surface area contributed by atoms with Crippen LogP contribution in [0.3, 0.4) is 0 Å². The third kappa shape index (κ3) is 4.69. The lowest BCUT2D eigenvalue weighted by molar-refractivity contribution is -0.147. The molecule has 1 aromatic rings. The summed E-state index contributed by atoms with van der Waals surface area (Å²) in [7, 11) is 0. The smallest absolute Gasteiger partial charge is 0.251 e. The van der Waals surface area contributed by atoms with Gasteiger partial charge < -0.3 is 19.7 Å². The Hall–Kier alpha value is -1.63. The quantitative estimate of drug-likeness (QED) is 0.857. The molecule has 6 heteroatoms. The zero-order chi connectivity index (χ0) is 16.8. The number of benzene rings is 1. The minimum absolute atomic E-state index is 0.0619. The summed E-state index contributed by atoms with van der Waals surface area (Å²) in [4.78, 5) is 16.8. The highest BCUT2D eigenvalue weighted by Crippen LogP contribution is 2.17. The van der Waals surface area contributed by atoms with Gasteiger partial charge in [-0.15, -0.1) is 0 Å². The summed E-state index contributed by atoms with van der Waals surface area (Å²) < 4.78 is 10.7. The first kappa shape index (κ1) is 17.2. The molecule has 0 bridgehead atoms. The first-order chi connectivity index (χ1) is 11.7. The first-order valence-electron chi connectivity index (χ1n) is 8.73. The molecule has 6 nitrogen and oxygen atoms in total. The van der Waals surface area contributed by atoms with Gasteiger partial charge in [0, 0.05) is 45.0 Å². The van der Waals surface area contributed by atoms with E-state index in [1.165, 1.54) is 11.3 Å². The fraction of sp³-hybridized carbons (Fsp3) is 0.611. The largest absolute Gasteiger partial charge is 0.376 e. The molecule has 1 aromatic carbocycles. The van der Waals surface area contributed by atoms with E-state index in [4.69, 9.17) is 9.47 Å². The molecule has 3 rings (SSSR count). The number of carbonyl (C=O) groups is 1. The number of aryl methyl sites for hydroxylation is 1. The number of nitrogens with zero attached hydrogens (tertiary/aromatic N) is 2. The molecule has 0 aliphatic carbocycles. The van der Waals surface area contributed by atoms with Gasteiger partial charge in [-0.3, -0.25) is 9.69 Å². The maximum atomic E-state index is 12.0. The van der Waals surface area contributed by atoms with Crippen molar-refractivity contribution < 1.29 is 14.3 Å². The molecule has 0 unspecified atom stereocenters. The second-order valence-corrected chi connectivity index (χ2v) is 6.39. The van der Waals surface area contributed by atoms with Gasteiger partial charge in [0.05, 0.1) is 19.8 Å². The van der Waals surface area contributed by atoms with Gasteiger partial charge in [-0.25, -0.2) is 0 Å². The maximum Gasteiger partial charge on any atom is 0.251 e. The highest BCUT2D eigenvalue weighted by Gasteiger charge is 2.22. The molecular weight excluding hydrogens is 306 g/mol. The van der Waals surface area contributed by atoms with E-state index < -0.39 is 6.10 Å². The molecule has 24 heavy (non-hydrogen) atoms. The van der Waals surface area contributed by atoms with E-state index in [0.717, 1.165) is 32.7 Å². The molecule has 1 N–H and O–H groups in total. The highest BCUT2D eigenvalue weighted by atomic mass is 16.6. The second kappa shape index (κ2) is 8.46. The van der Waals surface area contributed by atoms with Crippen molar-refractivity contribution in [2.75, 3.05) is 64.0 Å². The maximum absolute atomic E-state index is 12.0. The van der Waals surface area contributed by atoms with Crippen molar-refractivity contribution in [3.63, 3.8) is 0 Å². The number of carbonyl (C=O) groups excluding carboxylic acids is 1. The number of anilines is 1. The number of rotatable bonds is 5. The highest BCUT2D eigenvalue weighted by molar-refractivity contribution is 5.80. The Morgan fingerprint density at radius 2 is 2.08 bits per heavy atom. The molecule has 1 atom stereocenters. The fourth-order valence-electron chi connectivity index (χ4n) is 3.14. The molecular formula is C18H27N3O3. The van der Waals surface area contributed by atoms with E-state index in [0.29, 0.717) is 26.4 Å². The van der Waals surface area contributed by atoms with Crippen molar-refractivity contribution in [2.45, 2.75) is 13.0 Å². The Labute approximate surface area is 143 Å². The van der Waals surface area contributed by atoms with Crippen LogP contribution in [0.15, 0.2) is 24.3 Å². The van der Waals surface area contributed by atoms with Crippen molar-refractivity contribution in [1.82, 2.24) is 10.2 Å². The topological polar surface area (TPSA) is 54.0 Å². The average Bonchev–Trinajstić information content (AvgIpc) is 2.63. The number of nitrogens with one attached hydrogen (secondary N) is 1. The van der Waals surface area contributed by atoms with Gasteiger partial charge in [-0.05, 0) is 24.6 Å². The van der Waals surface area contributed by atoms with Crippen molar-refractivity contribution in [3.8, 4) is 0 Å². The van der Waals surface area contributed by atoms with E-state index in [1.807, 2.05) is 0 Å². The van der Waals surface area contributed by atoms with Crippen LogP contribution >= 0.6 is 0 Å². The monoisotopic (exact) mass is 333 g/mol. The number of piperazine rings is 1. The van der Waals surface area contributed by atoms with Gasteiger partial charge in [-0.2, -0.15) is 0 Å². The third-order valence-electron chi connectivity index (χ3n) is 4.57. The summed E-state index contributed by atoms with van der Waals surface area (Å²) in [5.74, 6) is -0.0619. The molecule has 0 saturated carbocycles. The summed E-state index contributed by atoms with van der Waals surface area (Å²) in [5.41, 5.74) is 2.60. The van der Waals surface area contributed by atoms with Crippen LogP contribution in [-0.4, -0.2) is 76.0 Å². The van der Waals surface area contributed by atoms with Crippen LogP contribution < -0.4 is 10.2 Å². The second-order valence-electron chi connectivity index (χ2n) is 6.39. The van der Waals surface area contributed by atoms with Gasteiger partial charge in [0.2, 0.25) is 0 Å². The van der Waals surface area contributed by atoms with Crippen LogP contribution in [0.25, 0.3) is 0 Å². The summed E-state index contributed by atoms with van der Waals surface area (Å²) in [6, 6.07) is 8.66. The number of hydrogen-bond acceptors (Lipinski definition) is 5. The Balaban J connectivity index is 1.36. The first-order valence-corrected chi connectivity index (χ1v) is 8.73. The predicted molar refractivity (Wildman–Crippen MR) is 93.4 cm³/mol. The lowest BCUT2D eigenvalue weighted by Gasteiger charge is -2.36. The third-order valence-corrected chi connectivity index (χ3v) is 4.57. The SMILES string of the molecule is Cc1cccc(N2CCN(CCNC(=O)[C@@H]3COCCO3)CC2)c1. The number of amides is 1.